The molecular weight excluding hydrogens is 176 g/mol. The van der Waals surface area contributed by atoms with Crippen LogP contribution in [-0.4, -0.2) is 23.6 Å². The van der Waals surface area contributed by atoms with E-state index in [1.165, 1.54) is 12.8 Å². The van der Waals surface area contributed by atoms with E-state index in [0.717, 1.165) is 18.7 Å². The molecule has 0 amide bonds. The number of aromatic nitrogens is 2. The Morgan fingerprint density at radius 3 is 2.57 bits per heavy atom. The van der Waals surface area contributed by atoms with Crippen LogP contribution < -0.4 is 10.6 Å². The van der Waals surface area contributed by atoms with Crippen LogP contribution in [0.3, 0.4) is 0 Å². The second-order valence-corrected chi connectivity index (χ2v) is 3.20. The van der Waals surface area contributed by atoms with Gasteiger partial charge in [-0.25, -0.2) is 9.97 Å². The standard InChI is InChI=1S/C10H18N4/c1-3-4-5-12-6-9-7-13-10(11-2)14-8-9/h7-8,12H,3-6H2,1-2H3,(H,11,13,14). The smallest absolute Gasteiger partial charge is 0.222 e. The Bertz CT molecular complexity index is 245. The normalized spacial score (nSPS) is 10.1. The Morgan fingerprint density at radius 1 is 1.29 bits per heavy atom. The van der Waals surface area contributed by atoms with Gasteiger partial charge in [-0.15, -0.1) is 0 Å². The summed E-state index contributed by atoms with van der Waals surface area (Å²) in [6.45, 7) is 4.10. The highest BCUT2D eigenvalue weighted by Gasteiger charge is 1.94. The second-order valence-electron chi connectivity index (χ2n) is 3.20. The van der Waals surface area contributed by atoms with Crippen molar-refractivity contribution in [2.75, 3.05) is 18.9 Å². The van der Waals surface area contributed by atoms with Gasteiger partial charge in [0.1, 0.15) is 0 Å². The van der Waals surface area contributed by atoms with Crippen LogP contribution in [-0.2, 0) is 6.54 Å². The molecule has 0 aliphatic heterocycles. The average molecular weight is 194 g/mol. The lowest BCUT2D eigenvalue weighted by Crippen LogP contribution is -2.14. The fraction of sp³-hybridized carbons (Fsp3) is 0.600. The first-order valence-electron chi connectivity index (χ1n) is 5.06. The maximum atomic E-state index is 4.13. The Morgan fingerprint density at radius 2 is 2.00 bits per heavy atom. The molecule has 0 radical (unpaired) electrons. The van der Waals surface area contributed by atoms with E-state index in [4.69, 9.17) is 0 Å². The van der Waals surface area contributed by atoms with Crippen molar-refractivity contribution in [2.45, 2.75) is 26.3 Å². The number of nitrogens with zero attached hydrogens (tertiary/aromatic N) is 2. The largest absolute Gasteiger partial charge is 0.357 e. The van der Waals surface area contributed by atoms with Crippen LogP contribution in [0.25, 0.3) is 0 Å². The van der Waals surface area contributed by atoms with Gasteiger partial charge < -0.3 is 10.6 Å². The molecular formula is C10H18N4. The van der Waals surface area contributed by atoms with Gasteiger partial charge in [0, 0.05) is 31.5 Å². The molecule has 0 saturated heterocycles. The second kappa shape index (κ2) is 6.32. The lowest BCUT2D eigenvalue weighted by molar-refractivity contribution is 0.639. The number of rotatable bonds is 6. The summed E-state index contributed by atoms with van der Waals surface area (Å²) in [6, 6.07) is 0. The predicted octanol–water partition coefficient (Wildman–Crippen LogP) is 1.41. The predicted molar refractivity (Wildman–Crippen MR) is 58.2 cm³/mol. The minimum absolute atomic E-state index is 0.669. The maximum absolute atomic E-state index is 4.13. The van der Waals surface area contributed by atoms with Gasteiger partial charge in [0.25, 0.3) is 0 Å². The molecule has 14 heavy (non-hydrogen) atoms. The van der Waals surface area contributed by atoms with Crippen LogP contribution >= 0.6 is 0 Å². The molecule has 1 rings (SSSR count). The highest BCUT2D eigenvalue weighted by molar-refractivity contribution is 5.22. The molecule has 0 spiro atoms. The van der Waals surface area contributed by atoms with Crippen LogP contribution in [0.4, 0.5) is 5.95 Å². The van der Waals surface area contributed by atoms with Crippen LogP contribution in [0.15, 0.2) is 12.4 Å². The lowest BCUT2D eigenvalue weighted by atomic mass is 10.3. The Balaban J connectivity index is 2.29. The summed E-state index contributed by atoms with van der Waals surface area (Å²) >= 11 is 0. The van der Waals surface area contributed by atoms with E-state index in [0.29, 0.717) is 5.95 Å². The van der Waals surface area contributed by atoms with Gasteiger partial charge in [-0.05, 0) is 13.0 Å². The zero-order valence-electron chi connectivity index (χ0n) is 8.88. The first kappa shape index (κ1) is 10.9. The van der Waals surface area contributed by atoms with Crippen molar-refractivity contribution in [3.05, 3.63) is 18.0 Å². The van der Waals surface area contributed by atoms with Crippen LogP contribution in [0, 0.1) is 0 Å². The molecule has 0 aliphatic rings. The van der Waals surface area contributed by atoms with Crippen molar-refractivity contribution in [2.24, 2.45) is 0 Å². The minimum Gasteiger partial charge on any atom is -0.357 e. The van der Waals surface area contributed by atoms with E-state index in [-0.39, 0.29) is 0 Å². The monoisotopic (exact) mass is 194 g/mol. The van der Waals surface area contributed by atoms with Crippen LogP contribution in [0.2, 0.25) is 0 Å². The van der Waals surface area contributed by atoms with Gasteiger partial charge in [-0.2, -0.15) is 0 Å². The quantitative estimate of drug-likeness (QED) is 0.672. The molecule has 0 bridgehead atoms. The van der Waals surface area contributed by atoms with Crippen LogP contribution in [0.5, 0.6) is 0 Å². The molecule has 0 atom stereocenters. The molecule has 1 aromatic rings. The Kier molecular flexibility index (Phi) is 4.93. The van der Waals surface area contributed by atoms with Crippen molar-refractivity contribution in [3.8, 4) is 0 Å². The fourth-order valence-corrected chi connectivity index (χ4v) is 1.11. The van der Waals surface area contributed by atoms with Gasteiger partial charge in [0.15, 0.2) is 0 Å². The third kappa shape index (κ3) is 3.70. The minimum atomic E-state index is 0.669. The van der Waals surface area contributed by atoms with Gasteiger partial charge in [0.05, 0.1) is 0 Å². The van der Waals surface area contributed by atoms with E-state index in [2.05, 4.69) is 27.5 Å². The molecule has 4 heteroatoms. The van der Waals surface area contributed by atoms with E-state index < -0.39 is 0 Å². The molecule has 0 aromatic carbocycles. The highest BCUT2D eigenvalue weighted by Crippen LogP contribution is 1.98. The summed E-state index contributed by atoms with van der Waals surface area (Å²) in [5.41, 5.74) is 1.13. The van der Waals surface area contributed by atoms with Crippen LogP contribution in [0.1, 0.15) is 25.3 Å². The van der Waals surface area contributed by atoms with Gasteiger partial charge >= 0.3 is 0 Å². The number of hydrogen-bond donors (Lipinski definition) is 2. The maximum Gasteiger partial charge on any atom is 0.222 e. The van der Waals surface area contributed by atoms with Gasteiger partial charge in [-0.1, -0.05) is 13.3 Å². The first-order valence-corrected chi connectivity index (χ1v) is 5.06. The number of nitrogens with one attached hydrogen (secondary N) is 2. The van der Waals surface area contributed by atoms with E-state index in [1.54, 1.807) is 0 Å². The molecule has 0 aliphatic carbocycles. The Labute approximate surface area is 85.2 Å². The van der Waals surface area contributed by atoms with Gasteiger partial charge in [0.2, 0.25) is 5.95 Å². The zero-order chi connectivity index (χ0) is 10.2. The first-order chi connectivity index (χ1) is 6.86. The fourth-order valence-electron chi connectivity index (χ4n) is 1.11. The van der Waals surface area contributed by atoms with Crippen molar-refractivity contribution < 1.29 is 0 Å². The van der Waals surface area contributed by atoms with E-state index in [9.17, 15) is 0 Å². The zero-order valence-corrected chi connectivity index (χ0v) is 8.88. The lowest BCUT2D eigenvalue weighted by Gasteiger charge is -2.03. The van der Waals surface area contributed by atoms with Crippen molar-refractivity contribution in [1.82, 2.24) is 15.3 Å². The summed E-state index contributed by atoms with van der Waals surface area (Å²) < 4.78 is 0. The van der Waals surface area contributed by atoms with E-state index in [1.807, 2.05) is 19.4 Å². The van der Waals surface area contributed by atoms with Crippen molar-refractivity contribution >= 4 is 5.95 Å². The molecule has 0 fully saturated rings. The molecule has 2 N–H and O–H groups in total. The molecule has 4 nitrogen and oxygen atoms in total. The number of anilines is 1. The molecule has 1 heterocycles. The summed E-state index contributed by atoms with van der Waals surface area (Å²) in [6.07, 6.45) is 6.13. The third-order valence-electron chi connectivity index (χ3n) is 1.97. The van der Waals surface area contributed by atoms with E-state index >= 15 is 0 Å². The number of hydrogen-bond acceptors (Lipinski definition) is 4. The Hall–Kier alpha value is -1.16. The van der Waals surface area contributed by atoms with Crippen molar-refractivity contribution in [3.63, 3.8) is 0 Å². The number of unbranched alkanes of at least 4 members (excludes halogenated alkanes) is 1. The molecule has 1 aromatic heterocycles. The summed E-state index contributed by atoms with van der Waals surface area (Å²) in [5, 5.41) is 6.23. The summed E-state index contributed by atoms with van der Waals surface area (Å²) in [5.74, 6) is 0.669. The average Bonchev–Trinajstić information content (AvgIpc) is 2.25. The molecule has 78 valence electrons. The summed E-state index contributed by atoms with van der Waals surface area (Å²) in [4.78, 5) is 8.27. The molecule has 0 unspecified atom stereocenters. The SMILES string of the molecule is CCCCNCc1cnc(NC)nc1. The third-order valence-corrected chi connectivity index (χ3v) is 1.97. The van der Waals surface area contributed by atoms with Crippen molar-refractivity contribution in [1.29, 1.82) is 0 Å². The summed E-state index contributed by atoms with van der Waals surface area (Å²) in [7, 11) is 1.81. The highest BCUT2D eigenvalue weighted by atomic mass is 15.1. The van der Waals surface area contributed by atoms with Gasteiger partial charge in [-0.3, -0.25) is 0 Å². The topological polar surface area (TPSA) is 49.8 Å². The molecule has 0 saturated carbocycles.